The largest absolute Gasteiger partial charge is 0.481 e. The Balaban J connectivity index is 2.27. The number of benzene rings is 1. The van der Waals surface area contributed by atoms with E-state index in [0.717, 1.165) is 31.6 Å². The van der Waals surface area contributed by atoms with Crippen molar-refractivity contribution in [2.75, 3.05) is 0 Å². The fourth-order valence-electron chi connectivity index (χ4n) is 2.96. The maximum atomic E-state index is 11.1. The van der Waals surface area contributed by atoms with Gasteiger partial charge in [-0.3, -0.25) is 4.79 Å². The normalized spacial score (nSPS) is 28.9. The van der Waals surface area contributed by atoms with Crippen LogP contribution in [0.2, 0.25) is 0 Å². The molecule has 0 bridgehead atoms. The average molecular weight is 232 g/mol. The molecule has 0 saturated heterocycles. The molecule has 0 amide bonds. The van der Waals surface area contributed by atoms with Crippen molar-refractivity contribution in [1.82, 2.24) is 0 Å². The molecule has 2 nitrogen and oxygen atoms in total. The second kappa shape index (κ2) is 4.91. The molecule has 1 aliphatic rings. The molecule has 1 fully saturated rings. The molecule has 1 aromatic rings. The van der Waals surface area contributed by atoms with Crippen molar-refractivity contribution in [2.45, 2.75) is 44.4 Å². The lowest BCUT2D eigenvalue weighted by Gasteiger charge is -2.39. The van der Waals surface area contributed by atoms with Crippen LogP contribution < -0.4 is 0 Å². The van der Waals surface area contributed by atoms with E-state index in [4.69, 9.17) is 5.11 Å². The van der Waals surface area contributed by atoms with E-state index in [0.29, 0.717) is 0 Å². The van der Waals surface area contributed by atoms with E-state index in [1.54, 1.807) is 0 Å². The van der Waals surface area contributed by atoms with Gasteiger partial charge in [-0.15, -0.1) is 0 Å². The quantitative estimate of drug-likeness (QED) is 0.864. The number of carboxylic acid groups (broad SMARTS) is 1. The van der Waals surface area contributed by atoms with Crippen molar-refractivity contribution >= 4 is 5.97 Å². The summed E-state index contributed by atoms with van der Waals surface area (Å²) in [5.41, 5.74) is 1.08. The molecule has 1 saturated carbocycles. The number of aliphatic carboxylic acids is 1. The number of rotatable bonds is 3. The van der Waals surface area contributed by atoms with Crippen molar-refractivity contribution in [3.8, 4) is 0 Å². The summed E-state index contributed by atoms with van der Waals surface area (Å²) < 4.78 is 0. The minimum Gasteiger partial charge on any atom is -0.481 e. The third-order valence-electron chi connectivity index (χ3n) is 4.11. The lowest BCUT2D eigenvalue weighted by Crippen LogP contribution is -2.33. The monoisotopic (exact) mass is 232 g/mol. The Morgan fingerprint density at radius 3 is 2.41 bits per heavy atom. The highest BCUT2D eigenvalue weighted by Gasteiger charge is 2.37. The summed E-state index contributed by atoms with van der Waals surface area (Å²) in [7, 11) is 0. The highest BCUT2D eigenvalue weighted by Crippen LogP contribution is 2.43. The van der Waals surface area contributed by atoms with Crippen molar-refractivity contribution in [2.24, 2.45) is 5.92 Å². The van der Waals surface area contributed by atoms with Crippen LogP contribution in [-0.2, 0) is 10.2 Å². The predicted octanol–water partition coefficient (Wildman–Crippen LogP) is 3.61. The Morgan fingerprint density at radius 1 is 1.29 bits per heavy atom. The molecule has 0 aromatic heterocycles. The summed E-state index contributed by atoms with van der Waals surface area (Å²) in [6.07, 6.45) is 4.56. The van der Waals surface area contributed by atoms with Gasteiger partial charge in [0.2, 0.25) is 0 Å². The first-order valence-corrected chi connectivity index (χ1v) is 6.40. The van der Waals surface area contributed by atoms with Crippen LogP contribution in [0.3, 0.4) is 0 Å². The van der Waals surface area contributed by atoms with Gasteiger partial charge in [-0.25, -0.2) is 0 Å². The molecule has 0 unspecified atom stereocenters. The molecule has 0 aliphatic heterocycles. The van der Waals surface area contributed by atoms with E-state index in [-0.39, 0.29) is 11.8 Å². The number of hydrogen-bond acceptors (Lipinski definition) is 1. The highest BCUT2D eigenvalue weighted by atomic mass is 16.4. The van der Waals surface area contributed by atoms with E-state index in [1.807, 2.05) is 18.2 Å². The van der Waals surface area contributed by atoms with E-state index in [1.165, 1.54) is 5.56 Å². The van der Waals surface area contributed by atoms with E-state index < -0.39 is 5.97 Å². The highest BCUT2D eigenvalue weighted by molar-refractivity contribution is 5.69. The first-order chi connectivity index (χ1) is 8.12. The zero-order valence-corrected chi connectivity index (χ0v) is 10.4. The standard InChI is InChI=1S/C15H20O2/c1-12-7-9-15(10-8-12,11-14(16)17)13-5-3-2-4-6-13/h2-6,12H,7-11H2,1H3,(H,16,17). The minimum atomic E-state index is -0.677. The molecule has 1 aromatic carbocycles. The van der Waals surface area contributed by atoms with Gasteiger partial charge in [0, 0.05) is 5.41 Å². The maximum Gasteiger partial charge on any atom is 0.304 e. The fourth-order valence-corrected chi connectivity index (χ4v) is 2.96. The SMILES string of the molecule is CC1CCC(CC(=O)O)(c2ccccc2)CC1. The Kier molecular flexibility index (Phi) is 3.51. The second-order valence-electron chi connectivity index (χ2n) is 5.40. The molecule has 92 valence electrons. The van der Waals surface area contributed by atoms with Crippen LogP contribution in [0.25, 0.3) is 0 Å². The van der Waals surface area contributed by atoms with Crippen LogP contribution in [0, 0.1) is 5.92 Å². The number of carboxylic acids is 1. The van der Waals surface area contributed by atoms with Crippen molar-refractivity contribution in [1.29, 1.82) is 0 Å². The van der Waals surface area contributed by atoms with E-state index in [9.17, 15) is 4.79 Å². The molecule has 0 atom stereocenters. The van der Waals surface area contributed by atoms with Gasteiger partial charge in [-0.2, -0.15) is 0 Å². The van der Waals surface area contributed by atoms with Gasteiger partial charge in [0.25, 0.3) is 0 Å². The summed E-state index contributed by atoms with van der Waals surface area (Å²) in [6.45, 7) is 2.26. The fraction of sp³-hybridized carbons (Fsp3) is 0.533. The van der Waals surface area contributed by atoms with Crippen LogP contribution in [-0.4, -0.2) is 11.1 Å². The molecule has 0 heterocycles. The lowest BCUT2D eigenvalue weighted by atomic mass is 9.65. The molecular formula is C15H20O2. The second-order valence-corrected chi connectivity index (χ2v) is 5.40. The van der Waals surface area contributed by atoms with Crippen molar-refractivity contribution in [3.63, 3.8) is 0 Å². The molecule has 0 radical (unpaired) electrons. The third kappa shape index (κ3) is 2.68. The third-order valence-corrected chi connectivity index (χ3v) is 4.11. The molecule has 2 rings (SSSR count). The van der Waals surface area contributed by atoms with Crippen LogP contribution >= 0.6 is 0 Å². The topological polar surface area (TPSA) is 37.3 Å². The Bertz CT molecular complexity index is 375. The smallest absolute Gasteiger partial charge is 0.304 e. The molecule has 1 aliphatic carbocycles. The van der Waals surface area contributed by atoms with E-state index >= 15 is 0 Å². The van der Waals surface area contributed by atoms with Gasteiger partial charge in [-0.05, 0) is 37.2 Å². The van der Waals surface area contributed by atoms with Gasteiger partial charge in [-0.1, -0.05) is 37.3 Å². The van der Waals surface area contributed by atoms with E-state index in [2.05, 4.69) is 19.1 Å². The summed E-state index contributed by atoms with van der Waals surface area (Å²) in [5, 5.41) is 9.16. The van der Waals surface area contributed by atoms with Crippen LogP contribution in [0.5, 0.6) is 0 Å². The Morgan fingerprint density at radius 2 is 1.88 bits per heavy atom. The minimum absolute atomic E-state index is 0.125. The summed E-state index contributed by atoms with van der Waals surface area (Å²) in [6, 6.07) is 10.2. The molecule has 2 heteroatoms. The molecule has 17 heavy (non-hydrogen) atoms. The summed E-state index contributed by atoms with van der Waals surface area (Å²) in [4.78, 5) is 11.1. The zero-order valence-electron chi connectivity index (χ0n) is 10.4. The molecular weight excluding hydrogens is 212 g/mol. The van der Waals surface area contributed by atoms with Gasteiger partial charge in [0.15, 0.2) is 0 Å². The molecule has 0 spiro atoms. The first-order valence-electron chi connectivity index (χ1n) is 6.40. The zero-order chi connectivity index (χ0) is 12.3. The van der Waals surface area contributed by atoms with Crippen LogP contribution in [0.4, 0.5) is 0 Å². The Hall–Kier alpha value is -1.31. The Labute approximate surface area is 103 Å². The summed E-state index contributed by atoms with van der Waals surface area (Å²) in [5.74, 6) is 0.0593. The lowest BCUT2D eigenvalue weighted by molar-refractivity contribution is -0.139. The maximum absolute atomic E-state index is 11.1. The van der Waals surface area contributed by atoms with Gasteiger partial charge >= 0.3 is 5.97 Å². The molecule has 1 N–H and O–H groups in total. The predicted molar refractivity (Wildman–Crippen MR) is 68.0 cm³/mol. The average Bonchev–Trinajstić information content (AvgIpc) is 2.33. The van der Waals surface area contributed by atoms with Crippen LogP contribution in [0.15, 0.2) is 30.3 Å². The number of hydrogen-bond donors (Lipinski definition) is 1. The van der Waals surface area contributed by atoms with Crippen LogP contribution in [0.1, 0.15) is 44.6 Å². The van der Waals surface area contributed by atoms with Crippen molar-refractivity contribution in [3.05, 3.63) is 35.9 Å². The summed E-state index contributed by atoms with van der Waals surface area (Å²) >= 11 is 0. The van der Waals surface area contributed by atoms with Crippen molar-refractivity contribution < 1.29 is 9.90 Å². The number of carbonyl (C=O) groups is 1. The first kappa shape index (κ1) is 12.2. The van der Waals surface area contributed by atoms with Gasteiger partial charge in [0.1, 0.15) is 0 Å². The van der Waals surface area contributed by atoms with Gasteiger partial charge in [0.05, 0.1) is 6.42 Å². The van der Waals surface area contributed by atoms with Gasteiger partial charge < -0.3 is 5.11 Å².